The molecule has 0 N–H and O–H groups in total. The summed E-state index contributed by atoms with van der Waals surface area (Å²) in [5.41, 5.74) is 9.54. The van der Waals surface area contributed by atoms with Gasteiger partial charge in [0.2, 0.25) is 0 Å². The maximum atomic E-state index is 2.59. The molecule has 0 heteroatoms. The van der Waals surface area contributed by atoms with E-state index in [0.717, 1.165) is 0 Å². The maximum absolute atomic E-state index is 2.59. The molecule has 1 aliphatic carbocycles. The third kappa shape index (κ3) is 6.74. The molecule has 0 spiro atoms. The van der Waals surface area contributed by atoms with Crippen LogP contribution >= 0.6 is 0 Å². The minimum atomic E-state index is 0.190. The van der Waals surface area contributed by atoms with E-state index < -0.39 is 0 Å². The number of unbranched alkanes of at least 4 members (excludes halogenated alkanes) is 6. The highest BCUT2D eigenvalue weighted by Gasteiger charge is 2.42. The van der Waals surface area contributed by atoms with Crippen molar-refractivity contribution in [3.63, 3.8) is 0 Å². The lowest BCUT2D eigenvalue weighted by Crippen LogP contribution is -2.26. The molecule has 0 saturated heterocycles. The Balaban J connectivity index is 0.00000122. The van der Waals surface area contributed by atoms with Gasteiger partial charge in [-0.05, 0) is 53.0 Å². The van der Waals surface area contributed by atoms with Crippen LogP contribution in [-0.2, 0) is 10.8 Å². The van der Waals surface area contributed by atoms with Crippen molar-refractivity contribution in [1.82, 2.24) is 0 Å². The second-order valence-electron chi connectivity index (χ2n) is 11.5. The Labute approximate surface area is 206 Å². The van der Waals surface area contributed by atoms with Gasteiger partial charge in [0.15, 0.2) is 0 Å². The Bertz CT molecular complexity index is 837. The summed E-state index contributed by atoms with van der Waals surface area (Å²) in [4.78, 5) is 0. The molecule has 3 rings (SSSR count). The van der Waals surface area contributed by atoms with Crippen LogP contribution in [0.3, 0.4) is 0 Å². The number of rotatable bonds is 10. The lowest BCUT2D eigenvalue weighted by molar-refractivity contribution is 0.400. The van der Waals surface area contributed by atoms with Gasteiger partial charge in [-0.2, -0.15) is 0 Å². The van der Waals surface area contributed by atoms with E-state index in [9.17, 15) is 0 Å². The normalized spacial score (nSPS) is 13.8. The van der Waals surface area contributed by atoms with E-state index in [1.54, 1.807) is 11.1 Å². The highest BCUT2D eigenvalue weighted by atomic mass is 14.5. The van der Waals surface area contributed by atoms with Gasteiger partial charge in [0.05, 0.1) is 0 Å². The molecule has 0 aliphatic heterocycles. The SMILES string of the molecule is CCC.CCCCCCC1(CCCCCC)c2cc(C)ccc2-c2ccc(C(C)(C)C)cc21. The highest BCUT2D eigenvalue weighted by molar-refractivity contribution is 5.81. The molecule has 2 aromatic carbocycles. The Hall–Kier alpha value is -1.56. The third-order valence-electron chi connectivity index (χ3n) is 7.30. The zero-order valence-corrected chi connectivity index (χ0v) is 23.2. The first kappa shape index (κ1) is 27.7. The van der Waals surface area contributed by atoms with Gasteiger partial charge in [0.1, 0.15) is 0 Å². The summed E-state index contributed by atoms with van der Waals surface area (Å²) >= 11 is 0. The van der Waals surface area contributed by atoms with Gasteiger partial charge in [-0.3, -0.25) is 0 Å². The van der Waals surface area contributed by atoms with E-state index in [1.807, 2.05) is 0 Å². The minimum Gasteiger partial charge on any atom is -0.0656 e. The van der Waals surface area contributed by atoms with Crippen LogP contribution in [0.15, 0.2) is 36.4 Å². The number of hydrogen-bond donors (Lipinski definition) is 0. The summed E-state index contributed by atoms with van der Waals surface area (Å²) in [6, 6.07) is 14.6. The van der Waals surface area contributed by atoms with Crippen LogP contribution < -0.4 is 0 Å². The molecule has 2 aromatic rings. The first-order chi connectivity index (χ1) is 15.7. The Morgan fingerprint density at radius 2 is 1.12 bits per heavy atom. The van der Waals surface area contributed by atoms with Gasteiger partial charge in [-0.15, -0.1) is 0 Å². The topological polar surface area (TPSA) is 0 Å². The van der Waals surface area contributed by atoms with Crippen LogP contribution in [-0.4, -0.2) is 0 Å². The lowest BCUT2D eigenvalue weighted by atomic mass is 9.69. The summed E-state index contributed by atoms with van der Waals surface area (Å²) in [7, 11) is 0. The van der Waals surface area contributed by atoms with E-state index >= 15 is 0 Å². The zero-order valence-electron chi connectivity index (χ0n) is 23.2. The quantitative estimate of drug-likeness (QED) is 0.317. The van der Waals surface area contributed by atoms with Gasteiger partial charge in [-0.1, -0.05) is 148 Å². The third-order valence-corrected chi connectivity index (χ3v) is 7.30. The molecule has 0 saturated carbocycles. The van der Waals surface area contributed by atoms with Crippen molar-refractivity contribution < 1.29 is 0 Å². The van der Waals surface area contributed by atoms with E-state index in [-0.39, 0.29) is 10.8 Å². The van der Waals surface area contributed by atoms with E-state index in [4.69, 9.17) is 0 Å². The second kappa shape index (κ2) is 12.8. The van der Waals surface area contributed by atoms with Gasteiger partial charge in [0, 0.05) is 5.41 Å². The standard InChI is InChI=1S/C30H44.C3H8/c1-7-9-11-13-19-30(20-14-12-10-8-2)27-21-23(3)15-17-25(27)26-18-16-24(22-28(26)30)29(4,5)6;1-3-2/h15-18,21-22H,7-14,19-20H2,1-6H3;3H2,1-2H3. The van der Waals surface area contributed by atoms with Crippen molar-refractivity contribution in [1.29, 1.82) is 0 Å². The molecular formula is C33H52. The largest absolute Gasteiger partial charge is 0.0656 e. The number of benzene rings is 2. The van der Waals surface area contributed by atoms with Gasteiger partial charge >= 0.3 is 0 Å². The van der Waals surface area contributed by atoms with Crippen LogP contribution in [0.5, 0.6) is 0 Å². The average Bonchev–Trinajstić information content (AvgIpc) is 3.03. The second-order valence-corrected chi connectivity index (χ2v) is 11.5. The molecule has 184 valence electrons. The molecule has 0 nitrogen and oxygen atoms in total. The Morgan fingerprint density at radius 3 is 1.61 bits per heavy atom. The van der Waals surface area contributed by atoms with E-state index in [2.05, 4.69) is 91.8 Å². The van der Waals surface area contributed by atoms with E-state index in [0.29, 0.717) is 0 Å². The molecule has 0 atom stereocenters. The molecular weight excluding hydrogens is 396 g/mol. The molecule has 0 bridgehead atoms. The fourth-order valence-corrected chi connectivity index (χ4v) is 5.45. The maximum Gasteiger partial charge on any atom is 0.0215 e. The van der Waals surface area contributed by atoms with Crippen molar-refractivity contribution in [3.05, 3.63) is 58.7 Å². The Morgan fingerprint density at radius 1 is 0.636 bits per heavy atom. The summed E-state index contributed by atoms with van der Waals surface area (Å²) in [6.07, 6.45) is 14.6. The predicted octanol–water partition coefficient (Wildman–Crippen LogP) is 10.9. The first-order valence-electron chi connectivity index (χ1n) is 14.0. The Kier molecular flexibility index (Phi) is 10.7. The average molecular weight is 449 g/mol. The molecule has 0 aromatic heterocycles. The minimum absolute atomic E-state index is 0.190. The van der Waals surface area contributed by atoms with Crippen LogP contribution in [0.1, 0.15) is 141 Å². The summed E-state index contributed by atoms with van der Waals surface area (Å²) in [5.74, 6) is 0. The molecule has 0 unspecified atom stereocenters. The molecule has 33 heavy (non-hydrogen) atoms. The zero-order chi connectivity index (χ0) is 24.5. The monoisotopic (exact) mass is 448 g/mol. The van der Waals surface area contributed by atoms with Crippen molar-refractivity contribution in [2.75, 3.05) is 0 Å². The predicted molar refractivity (Wildman–Crippen MR) is 150 cm³/mol. The number of hydrogen-bond acceptors (Lipinski definition) is 0. The van der Waals surface area contributed by atoms with Crippen molar-refractivity contribution in [2.45, 2.75) is 137 Å². The molecule has 0 radical (unpaired) electrons. The molecule has 0 fully saturated rings. The smallest absolute Gasteiger partial charge is 0.0215 e. The van der Waals surface area contributed by atoms with Gasteiger partial charge in [-0.25, -0.2) is 0 Å². The van der Waals surface area contributed by atoms with Crippen LogP contribution in [0.25, 0.3) is 11.1 Å². The lowest BCUT2D eigenvalue weighted by Gasteiger charge is -2.34. The first-order valence-corrected chi connectivity index (χ1v) is 14.0. The summed E-state index contributed by atoms with van der Waals surface area (Å²) < 4.78 is 0. The number of fused-ring (bicyclic) bond motifs is 3. The highest BCUT2D eigenvalue weighted by Crippen LogP contribution is 2.55. The van der Waals surface area contributed by atoms with E-state index in [1.165, 1.54) is 92.9 Å². The molecule has 0 heterocycles. The summed E-state index contributed by atoms with van der Waals surface area (Å²) in [6.45, 7) is 18.2. The summed E-state index contributed by atoms with van der Waals surface area (Å²) in [5, 5.41) is 0. The number of aryl methyl sites for hydroxylation is 1. The van der Waals surface area contributed by atoms with Gasteiger partial charge < -0.3 is 0 Å². The van der Waals surface area contributed by atoms with Crippen molar-refractivity contribution in [3.8, 4) is 11.1 Å². The van der Waals surface area contributed by atoms with Crippen LogP contribution in [0.2, 0.25) is 0 Å². The molecule has 0 amide bonds. The van der Waals surface area contributed by atoms with Crippen LogP contribution in [0.4, 0.5) is 0 Å². The fraction of sp³-hybridized carbons (Fsp3) is 0.636. The van der Waals surface area contributed by atoms with Crippen molar-refractivity contribution >= 4 is 0 Å². The fourth-order valence-electron chi connectivity index (χ4n) is 5.45. The van der Waals surface area contributed by atoms with Crippen molar-refractivity contribution in [2.24, 2.45) is 0 Å². The molecule has 1 aliphatic rings. The van der Waals surface area contributed by atoms with Crippen LogP contribution in [0, 0.1) is 6.92 Å². The van der Waals surface area contributed by atoms with Gasteiger partial charge in [0.25, 0.3) is 0 Å².